The van der Waals surface area contributed by atoms with Crippen molar-refractivity contribution in [1.29, 1.82) is 0 Å². The third kappa shape index (κ3) is 3.78. The molecule has 1 aromatic rings. The van der Waals surface area contributed by atoms with E-state index in [0.29, 0.717) is 10.9 Å². The van der Waals surface area contributed by atoms with E-state index < -0.39 is 0 Å². The summed E-state index contributed by atoms with van der Waals surface area (Å²) in [5, 5.41) is 3.58. The molecule has 1 heterocycles. The molecule has 15 heavy (non-hydrogen) atoms. The number of halogens is 1. The first kappa shape index (κ1) is 11.8. The smallest absolute Gasteiger partial charge is 0.229 e. The van der Waals surface area contributed by atoms with Gasteiger partial charge < -0.3 is 10.1 Å². The lowest BCUT2D eigenvalue weighted by Crippen LogP contribution is -2.05. The van der Waals surface area contributed by atoms with E-state index in [0.717, 1.165) is 18.5 Å². The molecule has 0 aliphatic heterocycles. The topological polar surface area (TPSA) is 34.2 Å². The number of ether oxygens (including phenoxy) is 1. The van der Waals surface area contributed by atoms with Gasteiger partial charge in [-0.05, 0) is 13.1 Å². The maximum absolute atomic E-state index is 5.82. The van der Waals surface area contributed by atoms with Crippen LogP contribution in [0.5, 0.6) is 5.88 Å². The molecule has 80 valence electrons. The van der Waals surface area contributed by atoms with Crippen molar-refractivity contribution in [2.45, 2.75) is 6.42 Å². The molecule has 1 aromatic heterocycles. The highest BCUT2D eigenvalue weighted by Gasteiger charge is 2.01. The third-order valence-corrected chi connectivity index (χ3v) is 1.94. The lowest BCUT2D eigenvalue weighted by Gasteiger charge is -2.01. The highest BCUT2D eigenvalue weighted by atomic mass is 35.5. The van der Waals surface area contributed by atoms with E-state index in [2.05, 4.69) is 22.1 Å². The summed E-state index contributed by atoms with van der Waals surface area (Å²) in [6, 6.07) is 1.75. The van der Waals surface area contributed by atoms with E-state index in [-0.39, 0.29) is 0 Å². The Bertz CT molecular complexity index is 382. The van der Waals surface area contributed by atoms with Gasteiger partial charge in [-0.3, -0.25) is 0 Å². The summed E-state index contributed by atoms with van der Waals surface area (Å²) in [4.78, 5) is 4.02. The van der Waals surface area contributed by atoms with Gasteiger partial charge >= 0.3 is 0 Å². The zero-order chi connectivity index (χ0) is 11.1. The predicted octanol–water partition coefficient (Wildman–Crippen LogP) is 1.70. The number of nitrogens with one attached hydrogen (secondary N) is 1. The van der Waals surface area contributed by atoms with E-state index in [4.69, 9.17) is 16.3 Å². The minimum absolute atomic E-state index is 0.511. The average Bonchev–Trinajstić information content (AvgIpc) is 2.25. The molecule has 1 N–H and O–H groups in total. The van der Waals surface area contributed by atoms with Crippen molar-refractivity contribution in [3.05, 3.63) is 22.8 Å². The quantitative estimate of drug-likeness (QED) is 0.627. The van der Waals surface area contributed by atoms with Crippen LogP contribution in [0.25, 0.3) is 0 Å². The van der Waals surface area contributed by atoms with Crippen LogP contribution < -0.4 is 10.1 Å². The minimum atomic E-state index is 0.511. The fourth-order valence-electron chi connectivity index (χ4n) is 1.02. The van der Waals surface area contributed by atoms with Crippen molar-refractivity contribution >= 4 is 11.6 Å². The predicted molar refractivity (Wildman–Crippen MR) is 61.2 cm³/mol. The van der Waals surface area contributed by atoms with Crippen molar-refractivity contribution in [3.63, 3.8) is 0 Å². The van der Waals surface area contributed by atoms with Crippen LogP contribution in [0, 0.1) is 11.8 Å². The van der Waals surface area contributed by atoms with Crippen LogP contribution in [0.15, 0.2) is 12.3 Å². The van der Waals surface area contributed by atoms with Gasteiger partial charge in [0.15, 0.2) is 0 Å². The van der Waals surface area contributed by atoms with Gasteiger partial charge in [0.1, 0.15) is 0 Å². The Morgan fingerprint density at radius 1 is 1.60 bits per heavy atom. The van der Waals surface area contributed by atoms with Crippen LogP contribution in [0.1, 0.15) is 12.0 Å². The van der Waals surface area contributed by atoms with Gasteiger partial charge in [-0.2, -0.15) is 0 Å². The number of hydrogen-bond acceptors (Lipinski definition) is 3. The molecule has 0 saturated heterocycles. The average molecular weight is 225 g/mol. The summed E-state index contributed by atoms with van der Waals surface area (Å²) in [7, 11) is 3.46. The lowest BCUT2D eigenvalue weighted by atomic mass is 10.2. The Labute approximate surface area is 94.8 Å². The second-order valence-corrected chi connectivity index (χ2v) is 3.30. The number of nitrogens with zero attached hydrogens (tertiary/aromatic N) is 1. The SMILES string of the molecule is CNCCC#Cc1cc(Cl)cnc1OC. The zero-order valence-corrected chi connectivity index (χ0v) is 9.56. The second kappa shape index (κ2) is 6.28. The molecule has 1 rings (SSSR count). The van der Waals surface area contributed by atoms with Gasteiger partial charge in [0.25, 0.3) is 0 Å². The van der Waals surface area contributed by atoms with Crippen molar-refractivity contribution in [3.8, 4) is 17.7 Å². The van der Waals surface area contributed by atoms with Crippen LogP contribution in [0.4, 0.5) is 0 Å². The molecule has 3 nitrogen and oxygen atoms in total. The monoisotopic (exact) mass is 224 g/mol. The second-order valence-electron chi connectivity index (χ2n) is 2.87. The van der Waals surface area contributed by atoms with Gasteiger partial charge in [-0.1, -0.05) is 23.4 Å². The number of methoxy groups -OCH3 is 1. The molecule has 0 amide bonds. The highest BCUT2D eigenvalue weighted by Crippen LogP contribution is 2.17. The molecule has 0 spiro atoms. The molecule has 0 saturated carbocycles. The van der Waals surface area contributed by atoms with E-state index in [9.17, 15) is 0 Å². The van der Waals surface area contributed by atoms with E-state index >= 15 is 0 Å². The van der Waals surface area contributed by atoms with E-state index in [1.165, 1.54) is 0 Å². The van der Waals surface area contributed by atoms with Crippen LogP contribution in [-0.4, -0.2) is 25.7 Å². The molecule has 0 aliphatic rings. The first-order valence-electron chi connectivity index (χ1n) is 4.61. The van der Waals surface area contributed by atoms with Crippen molar-refractivity contribution in [2.24, 2.45) is 0 Å². The van der Waals surface area contributed by atoms with Crippen molar-refractivity contribution in [1.82, 2.24) is 10.3 Å². The van der Waals surface area contributed by atoms with Crippen LogP contribution in [0.2, 0.25) is 5.02 Å². The molecule has 0 unspecified atom stereocenters. The first-order chi connectivity index (χ1) is 7.27. The molecular formula is C11H13ClN2O. The van der Waals surface area contributed by atoms with Gasteiger partial charge in [-0.25, -0.2) is 4.98 Å². The number of hydrogen-bond donors (Lipinski definition) is 1. The van der Waals surface area contributed by atoms with Gasteiger partial charge in [0, 0.05) is 19.2 Å². The Balaban J connectivity index is 2.80. The van der Waals surface area contributed by atoms with Crippen molar-refractivity contribution in [2.75, 3.05) is 20.7 Å². The van der Waals surface area contributed by atoms with Gasteiger partial charge in [0.2, 0.25) is 5.88 Å². The largest absolute Gasteiger partial charge is 0.480 e. The summed E-state index contributed by atoms with van der Waals surface area (Å²) in [5.41, 5.74) is 0.723. The summed E-state index contributed by atoms with van der Waals surface area (Å²) >= 11 is 5.82. The van der Waals surface area contributed by atoms with Gasteiger partial charge in [0.05, 0.1) is 17.7 Å². The van der Waals surface area contributed by atoms with Gasteiger partial charge in [-0.15, -0.1) is 0 Å². The van der Waals surface area contributed by atoms with Crippen LogP contribution in [-0.2, 0) is 0 Å². The molecule has 4 heteroatoms. The Morgan fingerprint density at radius 3 is 3.07 bits per heavy atom. The standard InChI is InChI=1S/C11H13ClN2O/c1-13-6-4-3-5-9-7-10(12)8-14-11(9)15-2/h7-8,13H,4,6H2,1-2H3. The first-order valence-corrected chi connectivity index (χ1v) is 4.98. The molecule has 0 atom stereocenters. The third-order valence-electron chi connectivity index (χ3n) is 1.73. The molecule has 0 fully saturated rings. The summed E-state index contributed by atoms with van der Waals surface area (Å²) in [6.45, 7) is 0.864. The summed E-state index contributed by atoms with van der Waals surface area (Å²) in [5.74, 6) is 6.50. The maximum atomic E-state index is 5.82. The lowest BCUT2D eigenvalue weighted by molar-refractivity contribution is 0.396. The summed E-state index contributed by atoms with van der Waals surface area (Å²) < 4.78 is 5.07. The summed E-state index contributed by atoms with van der Waals surface area (Å²) in [6.07, 6.45) is 2.32. The Kier molecular flexibility index (Phi) is 4.96. The molecule has 0 aliphatic carbocycles. The van der Waals surface area contributed by atoms with E-state index in [1.807, 2.05) is 7.05 Å². The molecule has 0 aromatic carbocycles. The zero-order valence-electron chi connectivity index (χ0n) is 8.80. The number of rotatable bonds is 3. The Hall–Kier alpha value is -1.24. The minimum Gasteiger partial charge on any atom is -0.480 e. The molecular weight excluding hydrogens is 212 g/mol. The van der Waals surface area contributed by atoms with Crippen molar-refractivity contribution < 1.29 is 4.74 Å². The molecule has 0 radical (unpaired) electrons. The highest BCUT2D eigenvalue weighted by molar-refractivity contribution is 6.30. The normalized spacial score (nSPS) is 9.27. The van der Waals surface area contributed by atoms with Crippen LogP contribution in [0.3, 0.4) is 0 Å². The fraction of sp³-hybridized carbons (Fsp3) is 0.364. The molecule has 0 bridgehead atoms. The van der Waals surface area contributed by atoms with E-state index in [1.54, 1.807) is 19.4 Å². The number of pyridine rings is 1. The maximum Gasteiger partial charge on any atom is 0.229 e. The fourth-order valence-corrected chi connectivity index (χ4v) is 1.18. The Morgan fingerprint density at radius 2 is 2.40 bits per heavy atom. The van der Waals surface area contributed by atoms with Crippen LogP contribution >= 0.6 is 11.6 Å². The number of aromatic nitrogens is 1.